The van der Waals surface area contributed by atoms with Gasteiger partial charge in [-0.25, -0.2) is 18.1 Å². The average Bonchev–Trinajstić information content (AvgIpc) is 3.03. The Labute approximate surface area is 164 Å². The number of aromatic nitrogens is 1. The summed E-state index contributed by atoms with van der Waals surface area (Å²) in [6, 6.07) is 12.9. The van der Waals surface area contributed by atoms with E-state index in [2.05, 4.69) is 9.71 Å². The third kappa shape index (κ3) is 4.55. The molecule has 3 N–H and O–H groups in total. The Balaban J connectivity index is 2.07. The molecule has 5 nitrogen and oxygen atoms in total. The van der Waals surface area contributed by atoms with Crippen LogP contribution in [0.1, 0.15) is 26.3 Å². The molecule has 0 saturated heterocycles. The van der Waals surface area contributed by atoms with Crippen molar-refractivity contribution in [3.05, 3.63) is 54.2 Å². The van der Waals surface area contributed by atoms with Crippen molar-refractivity contribution in [3.63, 3.8) is 0 Å². The fraction of sp³-hybridized carbons (Fsp3) is 0.250. The molecular formula is C20H23N3O2S2. The van der Waals surface area contributed by atoms with Crippen LogP contribution in [0, 0.1) is 6.92 Å². The largest absolute Gasteiger partial charge is 0.399 e. The summed E-state index contributed by atoms with van der Waals surface area (Å²) in [5, 5.41) is 0.817. The second-order valence-electron chi connectivity index (χ2n) is 7.51. The first-order valence-corrected chi connectivity index (χ1v) is 10.8. The van der Waals surface area contributed by atoms with Crippen molar-refractivity contribution < 1.29 is 8.42 Å². The molecule has 0 radical (unpaired) electrons. The zero-order valence-electron chi connectivity index (χ0n) is 15.8. The van der Waals surface area contributed by atoms with Crippen LogP contribution in [0.4, 0.5) is 5.69 Å². The van der Waals surface area contributed by atoms with Crippen molar-refractivity contribution >= 4 is 27.0 Å². The van der Waals surface area contributed by atoms with E-state index in [1.54, 1.807) is 12.3 Å². The van der Waals surface area contributed by atoms with Gasteiger partial charge in [0.1, 0.15) is 5.01 Å². The lowest BCUT2D eigenvalue weighted by molar-refractivity contribution is 0.491. The first-order chi connectivity index (χ1) is 12.5. The standard InChI is InChI=1S/C20H23N3O2S2/c1-13-5-10-16(18(11-13)27(24,25)23-20(2,3)4)17-12-22-19(26-17)14-6-8-15(21)9-7-14/h5-12,23H,21H2,1-4H3. The predicted molar refractivity (Wildman–Crippen MR) is 112 cm³/mol. The molecule has 7 heteroatoms. The lowest BCUT2D eigenvalue weighted by Crippen LogP contribution is -2.40. The van der Waals surface area contributed by atoms with E-state index in [9.17, 15) is 8.42 Å². The van der Waals surface area contributed by atoms with Crippen LogP contribution in [-0.2, 0) is 10.0 Å². The maximum atomic E-state index is 13.0. The van der Waals surface area contributed by atoms with Crippen molar-refractivity contribution in [2.24, 2.45) is 0 Å². The Hall–Kier alpha value is -2.22. The maximum absolute atomic E-state index is 13.0. The molecule has 1 heterocycles. The third-order valence-corrected chi connectivity index (χ3v) is 6.67. The van der Waals surface area contributed by atoms with Gasteiger partial charge in [-0.3, -0.25) is 0 Å². The first-order valence-electron chi connectivity index (χ1n) is 8.52. The number of nitrogens with zero attached hydrogens (tertiary/aromatic N) is 1. The summed E-state index contributed by atoms with van der Waals surface area (Å²) in [6.07, 6.45) is 1.72. The molecule has 0 aliphatic heterocycles. The molecule has 0 aliphatic rings. The normalized spacial score (nSPS) is 12.3. The summed E-state index contributed by atoms with van der Waals surface area (Å²) in [6.45, 7) is 7.36. The molecule has 0 saturated carbocycles. The molecule has 142 valence electrons. The van der Waals surface area contributed by atoms with Gasteiger partial charge in [-0.2, -0.15) is 0 Å². The van der Waals surface area contributed by atoms with Crippen LogP contribution in [-0.4, -0.2) is 18.9 Å². The van der Waals surface area contributed by atoms with E-state index in [1.807, 2.05) is 64.1 Å². The Morgan fingerprint density at radius 2 is 1.74 bits per heavy atom. The fourth-order valence-corrected chi connectivity index (χ4v) is 5.42. The molecule has 0 atom stereocenters. The number of thiazole rings is 1. The summed E-state index contributed by atoms with van der Waals surface area (Å²) in [5.74, 6) is 0. The summed E-state index contributed by atoms with van der Waals surface area (Å²) >= 11 is 1.45. The molecule has 0 fully saturated rings. The number of nitrogens with two attached hydrogens (primary N) is 1. The van der Waals surface area contributed by atoms with Gasteiger partial charge in [-0.05, 0) is 63.6 Å². The molecule has 0 amide bonds. The van der Waals surface area contributed by atoms with Crippen molar-refractivity contribution in [1.29, 1.82) is 0 Å². The topological polar surface area (TPSA) is 85.1 Å². The molecule has 2 aromatic carbocycles. The molecule has 1 aromatic heterocycles. The number of hydrogen-bond acceptors (Lipinski definition) is 5. The minimum Gasteiger partial charge on any atom is -0.399 e. The molecule has 0 unspecified atom stereocenters. The van der Waals surface area contributed by atoms with E-state index in [0.29, 0.717) is 11.3 Å². The van der Waals surface area contributed by atoms with Crippen LogP contribution in [0.25, 0.3) is 21.0 Å². The van der Waals surface area contributed by atoms with Crippen molar-refractivity contribution in [3.8, 4) is 21.0 Å². The number of aryl methyl sites for hydroxylation is 1. The van der Waals surface area contributed by atoms with Crippen LogP contribution in [0.5, 0.6) is 0 Å². The fourth-order valence-electron chi connectivity index (χ4n) is 2.67. The number of hydrogen-bond donors (Lipinski definition) is 2. The van der Waals surface area contributed by atoms with E-state index in [1.165, 1.54) is 11.3 Å². The Kier molecular flexibility index (Phi) is 5.12. The zero-order valence-corrected chi connectivity index (χ0v) is 17.4. The Morgan fingerprint density at radius 3 is 2.37 bits per heavy atom. The molecular weight excluding hydrogens is 378 g/mol. The number of anilines is 1. The number of benzene rings is 2. The van der Waals surface area contributed by atoms with Crippen LogP contribution < -0.4 is 10.5 Å². The van der Waals surface area contributed by atoms with Crippen LogP contribution in [0.15, 0.2) is 53.6 Å². The summed E-state index contributed by atoms with van der Waals surface area (Å²) in [4.78, 5) is 5.55. The highest BCUT2D eigenvalue weighted by atomic mass is 32.2. The minimum atomic E-state index is -3.67. The van der Waals surface area contributed by atoms with Gasteiger partial charge in [-0.15, -0.1) is 11.3 Å². The number of nitrogen functional groups attached to an aromatic ring is 1. The Bertz CT molecular complexity index is 1060. The summed E-state index contributed by atoms with van der Waals surface area (Å²) in [7, 11) is -3.67. The van der Waals surface area contributed by atoms with Crippen LogP contribution in [0.3, 0.4) is 0 Å². The molecule has 3 rings (SSSR count). The van der Waals surface area contributed by atoms with E-state index in [4.69, 9.17) is 5.73 Å². The Morgan fingerprint density at radius 1 is 1.07 bits per heavy atom. The second-order valence-corrected chi connectivity index (χ2v) is 10.2. The van der Waals surface area contributed by atoms with E-state index < -0.39 is 15.6 Å². The van der Waals surface area contributed by atoms with Gasteiger partial charge in [0, 0.05) is 28.6 Å². The third-order valence-electron chi connectivity index (χ3n) is 3.80. The van der Waals surface area contributed by atoms with E-state index in [-0.39, 0.29) is 4.90 Å². The smallest absolute Gasteiger partial charge is 0.241 e. The monoisotopic (exact) mass is 401 g/mol. The lowest BCUT2D eigenvalue weighted by atomic mass is 10.1. The highest BCUT2D eigenvalue weighted by Gasteiger charge is 2.26. The highest BCUT2D eigenvalue weighted by Crippen LogP contribution is 2.36. The first kappa shape index (κ1) is 19.5. The van der Waals surface area contributed by atoms with Gasteiger partial charge in [0.2, 0.25) is 10.0 Å². The predicted octanol–water partition coefficient (Wildman–Crippen LogP) is 4.44. The van der Waals surface area contributed by atoms with Gasteiger partial charge in [0.05, 0.1) is 9.77 Å². The van der Waals surface area contributed by atoms with Crippen LogP contribution in [0.2, 0.25) is 0 Å². The summed E-state index contributed by atoms with van der Waals surface area (Å²) in [5.41, 5.74) is 8.35. The van der Waals surface area contributed by atoms with Gasteiger partial charge >= 0.3 is 0 Å². The summed E-state index contributed by atoms with van der Waals surface area (Å²) < 4.78 is 28.7. The van der Waals surface area contributed by atoms with Gasteiger partial charge in [0.25, 0.3) is 0 Å². The molecule has 0 bridgehead atoms. The van der Waals surface area contributed by atoms with Gasteiger partial charge in [-0.1, -0.05) is 12.1 Å². The molecule has 3 aromatic rings. The SMILES string of the molecule is Cc1ccc(-c2cnc(-c3ccc(N)cc3)s2)c(S(=O)(=O)NC(C)(C)C)c1. The number of nitrogens with one attached hydrogen (secondary N) is 1. The maximum Gasteiger partial charge on any atom is 0.241 e. The number of sulfonamides is 1. The van der Waals surface area contributed by atoms with E-state index in [0.717, 1.165) is 21.0 Å². The lowest BCUT2D eigenvalue weighted by Gasteiger charge is -2.21. The number of rotatable bonds is 4. The quantitative estimate of drug-likeness (QED) is 0.633. The van der Waals surface area contributed by atoms with Crippen molar-refractivity contribution in [2.45, 2.75) is 38.1 Å². The highest BCUT2D eigenvalue weighted by molar-refractivity contribution is 7.89. The average molecular weight is 402 g/mol. The minimum absolute atomic E-state index is 0.268. The second kappa shape index (κ2) is 7.07. The van der Waals surface area contributed by atoms with Crippen molar-refractivity contribution in [2.75, 3.05) is 5.73 Å². The molecule has 0 aliphatic carbocycles. The van der Waals surface area contributed by atoms with Crippen LogP contribution >= 0.6 is 11.3 Å². The van der Waals surface area contributed by atoms with E-state index >= 15 is 0 Å². The molecule has 0 spiro atoms. The van der Waals surface area contributed by atoms with Gasteiger partial charge < -0.3 is 5.73 Å². The van der Waals surface area contributed by atoms with Crippen molar-refractivity contribution in [1.82, 2.24) is 9.71 Å². The van der Waals surface area contributed by atoms with Gasteiger partial charge in [0.15, 0.2) is 0 Å². The molecule has 27 heavy (non-hydrogen) atoms. The zero-order chi connectivity index (χ0) is 19.8.